The minimum atomic E-state index is -0.472. The Labute approximate surface area is 91.8 Å². The number of aromatic nitrogens is 2. The predicted molar refractivity (Wildman–Crippen MR) is 60.5 cm³/mol. The van der Waals surface area contributed by atoms with Crippen LogP contribution in [0.1, 0.15) is 5.56 Å². The van der Waals surface area contributed by atoms with Gasteiger partial charge in [-0.15, -0.1) is 0 Å². The van der Waals surface area contributed by atoms with Gasteiger partial charge in [-0.25, -0.2) is 4.68 Å². The van der Waals surface area contributed by atoms with Gasteiger partial charge in [0.1, 0.15) is 12.4 Å². The Balaban J connectivity index is 2.15. The van der Waals surface area contributed by atoms with Crippen LogP contribution in [0.2, 0.25) is 0 Å². The van der Waals surface area contributed by atoms with E-state index >= 15 is 0 Å². The van der Waals surface area contributed by atoms with Gasteiger partial charge in [0.2, 0.25) is 0 Å². The van der Waals surface area contributed by atoms with E-state index in [2.05, 4.69) is 5.10 Å². The lowest BCUT2D eigenvalue weighted by Gasteiger charge is -1.91. The molecule has 16 heavy (non-hydrogen) atoms. The highest BCUT2D eigenvalue weighted by Gasteiger charge is 2.06. The molecule has 1 heterocycles. The Hall–Kier alpha value is -2.43. The molecule has 0 fully saturated rings. The smallest absolute Gasteiger partial charge is 0.258 e. The van der Waals surface area contributed by atoms with Crippen LogP contribution < -0.4 is 0 Å². The van der Waals surface area contributed by atoms with Gasteiger partial charge >= 0.3 is 5.69 Å². The lowest BCUT2D eigenvalue weighted by atomic mass is 10.2. The maximum atomic E-state index is 10.4. The molecule has 0 amide bonds. The first-order valence-corrected chi connectivity index (χ1v) is 4.67. The Morgan fingerprint density at radius 1 is 1.31 bits per heavy atom. The number of rotatable bonds is 3. The van der Waals surface area contributed by atoms with Crippen molar-refractivity contribution in [2.24, 2.45) is 0 Å². The van der Waals surface area contributed by atoms with E-state index in [4.69, 9.17) is 0 Å². The van der Waals surface area contributed by atoms with Gasteiger partial charge in [0, 0.05) is 6.20 Å². The fraction of sp³-hybridized carbons (Fsp3) is 0. The molecule has 0 bridgehead atoms. The molecule has 1 aromatic heterocycles. The molecular formula is C11H9N3O2. The molecule has 1 aromatic carbocycles. The van der Waals surface area contributed by atoms with Crippen molar-refractivity contribution in [2.45, 2.75) is 0 Å². The third-order valence-electron chi connectivity index (χ3n) is 2.02. The first-order chi connectivity index (χ1) is 7.75. The second kappa shape index (κ2) is 4.39. The number of benzene rings is 1. The molecule has 0 saturated heterocycles. The zero-order valence-electron chi connectivity index (χ0n) is 8.35. The van der Waals surface area contributed by atoms with Crippen LogP contribution in [-0.2, 0) is 0 Å². The average Bonchev–Trinajstić information content (AvgIpc) is 2.76. The lowest BCUT2D eigenvalue weighted by molar-refractivity contribution is -0.384. The predicted octanol–water partition coefficient (Wildman–Crippen LogP) is 2.42. The summed E-state index contributed by atoms with van der Waals surface area (Å²) >= 11 is 0. The summed E-state index contributed by atoms with van der Waals surface area (Å²) in [5.41, 5.74) is 0.998. The van der Waals surface area contributed by atoms with E-state index in [-0.39, 0.29) is 5.69 Å². The van der Waals surface area contributed by atoms with Crippen LogP contribution in [0.4, 0.5) is 5.69 Å². The molecule has 5 heteroatoms. The van der Waals surface area contributed by atoms with Gasteiger partial charge in [0.05, 0.1) is 4.92 Å². The van der Waals surface area contributed by atoms with Crippen LogP contribution in [-0.4, -0.2) is 14.7 Å². The van der Waals surface area contributed by atoms with Crippen molar-refractivity contribution in [3.05, 3.63) is 58.4 Å². The van der Waals surface area contributed by atoms with Crippen molar-refractivity contribution < 1.29 is 4.92 Å². The molecular weight excluding hydrogens is 206 g/mol. The summed E-state index contributed by atoms with van der Waals surface area (Å²) in [6.07, 6.45) is 6.08. The van der Waals surface area contributed by atoms with Gasteiger partial charge < -0.3 is 0 Å². The Morgan fingerprint density at radius 3 is 2.69 bits per heavy atom. The number of hydrogen-bond acceptors (Lipinski definition) is 3. The van der Waals surface area contributed by atoms with Crippen molar-refractivity contribution in [3.63, 3.8) is 0 Å². The quantitative estimate of drug-likeness (QED) is 0.583. The monoisotopic (exact) mass is 215 g/mol. The van der Waals surface area contributed by atoms with Crippen molar-refractivity contribution in [2.75, 3.05) is 0 Å². The minimum absolute atomic E-state index is 0.0160. The van der Waals surface area contributed by atoms with E-state index in [9.17, 15) is 10.1 Å². The second-order valence-corrected chi connectivity index (χ2v) is 3.16. The molecule has 0 aliphatic heterocycles. The lowest BCUT2D eigenvalue weighted by Crippen LogP contribution is -1.86. The molecule has 0 atom stereocenters. The molecule has 0 saturated carbocycles. The first kappa shape index (κ1) is 10.1. The van der Waals surface area contributed by atoms with Crippen molar-refractivity contribution >= 4 is 18.0 Å². The molecule has 0 aliphatic carbocycles. The van der Waals surface area contributed by atoms with Gasteiger partial charge in [-0.2, -0.15) is 5.10 Å². The van der Waals surface area contributed by atoms with Crippen LogP contribution in [0, 0.1) is 10.1 Å². The molecule has 0 radical (unpaired) electrons. The standard InChI is InChI=1S/C11H9N3O2/c15-14(16)11-8-12-13(9-11)7-6-10-4-2-1-3-5-10/h1-9H. The summed E-state index contributed by atoms with van der Waals surface area (Å²) in [6.45, 7) is 0. The Morgan fingerprint density at radius 2 is 2.06 bits per heavy atom. The molecule has 0 N–H and O–H groups in total. The van der Waals surface area contributed by atoms with E-state index < -0.39 is 4.92 Å². The van der Waals surface area contributed by atoms with Crippen LogP contribution >= 0.6 is 0 Å². The number of nitro groups is 1. The number of nitrogens with zero attached hydrogens (tertiary/aromatic N) is 3. The Bertz CT molecular complexity index is 517. The van der Waals surface area contributed by atoms with Crippen LogP contribution in [0.5, 0.6) is 0 Å². The van der Waals surface area contributed by atoms with Gasteiger partial charge in [-0.05, 0) is 11.6 Å². The molecule has 2 aromatic rings. The fourth-order valence-electron chi connectivity index (χ4n) is 1.23. The third kappa shape index (κ3) is 2.33. The molecule has 80 valence electrons. The van der Waals surface area contributed by atoms with E-state index in [0.717, 1.165) is 5.56 Å². The summed E-state index contributed by atoms with van der Waals surface area (Å²) in [5, 5.41) is 14.3. The molecule has 2 rings (SSSR count). The molecule has 0 spiro atoms. The van der Waals surface area contributed by atoms with E-state index in [1.807, 2.05) is 36.4 Å². The average molecular weight is 215 g/mol. The zero-order chi connectivity index (χ0) is 11.4. The zero-order valence-corrected chi connectivity index (χ0v) is 8.35. The SMILES string of the molecule is O=[N+]([O-])c1cnn(C=Cc2ccccc2)c1. The van der Waals surface area contributed by atoms with Gasteiger partial charge in [0.15, 0.2) is 0 Å². The van der Waals surface area contributed by atoms with Gasteiger partial charge in [-0.1, -0.05) is 30.3 Å². The van der Waals surface area contributed by atoms with Gasteiger partial charge in [-0.3, -0.25) is 10.1 Å². The van der Waals surface area contributed by atoms with Crippen LogP contribution in [0.25, 0.3) is 12.3 Å². The summed E-state index contributed by atoms with van der Waals surface area (Å²) < 4.78 is 1.41. The van der Waals surface area contributed by atoms with Gasteiger partial charge in [0.25, 0.3) is 0 Å². The molecule has 0 unspecified atom stereocenters. The summed E-state index contributed by atoms with van der Waals surface area (Å²) in [7, 11) is 0. The Kier molecular flexibility index (Phi) is 2.77. The van der Waals surface area contributed by atoms with E-state index in [1.165, 1.54) is 17.1 Å². The van der Waals surface area contributed by atoms with Crippen molar-refractivity contribution in [3.8, 4) is 0 Å². The topological polar surface area (TPSA) is 61.0 Å². The largest absolute Gasteiger partial charge is 0.307 e. The molecule has 0 aliphatic rings. The summed E-state index contributed by atoms with van der Waals surface area (Å²) in [4.78, 5) is 9.94. The number of hydrogen-bond donors (Lipinski definition) is 0. The summed E-state index contributed by atoms with van der Waals surface area (Å²) in [6, 6.07) is 9.65. The fourth-order valence-corrected chi connectivity index (χ4v) is 1.23. The van der Waals surface area contributed by atoms with Crippen LogP contribution in [0.3, 0.4) is 0 Å². The maximum absolute atomic E-state index is 10.4. The second-order valence-electron chi connectivity index (χ2n) is 3.16. The van der Waals surface area contributed by atoms with E-state index in [1.54, 1.807) is 6.20 Å². The highest BCUT2D eigenvalue weighted by molar-refractivity contribution is 5.60. The highest BCUT2D eigenvalue weighted by atomic mass is 16.6. The van der Waals surface area contributed by atoms with E-state index in [0.29, 0.717) is 0 Å². The van der Waals surface area contributed by atoms with Crippen molar-refractivity contribution in [1.29, 1.82) is 0 Å². The first-order valence-electron chi connectivity index (χ1n) is 4.67. The molecule has 5 nitrogen and oxygen atoms in total. The summed E-state index contributed by atoms with van der Waals surface area (Å²) in [5.74, 6) is 0. The minimum Gasteiger partial charge on any atom is -0.258 e. The third-order valence-corrected chi connectivity index (χ3v) is 2.02. The maximum Gasteiger partial charge on any atom is 0.307 e. The normalized spacial score (nSPS) is 10.8. The van der Waals surface area contributed by atoms with Crippen LogP contribution in [0.15, 0.2) is 42.7 Å². The highest BCUT2D eigenvalue weighted by Crippen LogP contribution is 2.09. The van der Waals surface area contributed by atoms with Crippen molar-refractivity contribution in [1.82, 2.24) is 9.78 Å².